The van der Waals surface area contributed by atoms with Gasteiger partial charge in [-0.25, -0.2) is 4.98 Å². The van der Waals surface area contributed by atoms with Crippen LogP contribution in [0.1, 0.15) is 37.0 Å². The van der Waals surface area contributed by atoms with Crippen LogP contribution < -0.4 is 9.80 Å². The zero-order chi connectivity index (χ0) is 30.3. The van der Waals surface area contributed by atoms with Crippen molar-refractivity contribution < 1.29 is 41.4 Å². The van der Waals surface area contributed by atoms with Crippen molar-refractivity contribution in [2.75, 3.05) is 30.0 Å². The van der Waals surface area contributed by atoms with Gasteiger partial charge in [0, 0.05) is 19.2 Å². The molecule has 220 valence electrons. The number of anilines is 2. The second-order valence-electron chi connectivity index (χ2n) is 10.6. The first-order valence-electron chi connectivity index (χ1n) is 12.7. The predicted molar refractivity (Wildman–Crippen MR) is 141 cm³/mol. The standard InChI is InChI=1S/C29H29F6N3O3/c1-27(2,18-9-19(28(30,31)32)11-20(10-18)29(33,34)35)26(41)37(3)24-14-36-25(38-15-22(40)12-21(38)16-39)13-23(24)17-7-5-4-6-8-17/h4-11,13-14,21-22,39-40H,12,15-16H2,1-3H3/t21-,22-/m0/s1. The normalized spacial score (nSPS) is 18.1. The van der Waals surface area contributed by atoms with Gasteiger partial charge in [-0.2, -0.15) is 26.3 Å². The molecule has 1 amide bonds. The van der Waals surface area contributed by atoms with E-state index in [1.807, 2.05) is 0 Å². The maximum absolute atomic E-state index is 13.8. The number of aromatic nitrogens is 1. The van der Waals surface area contributed by atoms with Crippen LogP contribution >= 0.6 is 0 Å². The molecule has 0 spiro atoms. The third-order valence-corrected chi connectivity index (χ3v) is 7.36. The number of alkyl halides is 6. The summed E-state index contributed by atoms with van der Waals surface area (Å²) in [4.78, 5) is 21.2. The summed E-state index contributed by atoms with van der Waals surface area (Å²) in [5, 5.41) is 19.9. The van der Waals surface area contributed by atoms with E-state index in [1.54, 1.807) is 41.3 Å². The molecule has 0 bridgehead atoms. The number of carbonyl (C=O) groups excluding carboxylic acids is 1. The third-order valence-electron chi connectivity index (χ3n) is 7.36. The lowest BCUT2D eigenvalue weighted by Crippen LogP contribution is -2.42. The molecule has 1 saturated heterocycles. The molecule has 0 saturated carbocycles. The minimum Gasteiger partial charge on any atom is -0.394 e. The number of likely N-dealkylation sites (N-methyl/N-ethyl adjacent to an activating group) is 1. The molecule has 0 radical (unpaired) electrons. The van der Waals surface area contributed by atoms with Crippen molar-refractivity contribution in [3.05, 3.63) is 77.5 Å². The topological polar surface area (TPSA) is 76.9 Å². The Morgan fingerprint density at radius 3 is 2.07 bits per heavy atom. The van der Waals surface area contributed by atoms with Gasteiger partial charge in [-0.3, -0.25) is 4.79 Å². The highest BCUT2D eigenvalue weighted by molar-refractivity contribution is 6.03. The minimum absolute atomic E-state index is 0.0266. The number of hydrogen-bond acceptors (Lipinski definition) is 5. The van der Waals surface area contributed by atoms with Crippen LogP contribution in [0.2, 0.25) is 0 Å². The number of aliphatic hydroxyl groups excluding tert-OH is 2. The fourth-order valence-corrected chi connectivity index (χ4v) is 5.02. The van der Waals surface area contributed by atoms with E-state index in [4.69, 9.17) is 0 Å². The van der Waals surface area contributed by atoms with Gasteiger partial charge in [0.05, 0.1) is 47.2 Å². The molecule has 2 N–H and O–H groups in total. The van der Waals surface area contributed by atoms with Gasteiger partial charge >= 0.3 is 12.4 Å². The molecule has 1 aromatic heterocycles. The lowest BCUT2D eigenvalue weighted by atomic mass is 9.81. The molecule has 0 aliphatic carbocycles. The van der Waals surface area contributed by atoms with E-state index in [0.29, 0.717) is 35.5 Å². The van der Waals surface area contributed by atoms with Crippen LogP contribution in [0.25, 0.3) is 11.1 Å². The number of carbonyl (C=O) groups is 1. The number of halogens is 6. The Bertz CT molecular complexity index is 1380. The van der Waals surface area contributed by atoms with E-state index in [1.165, 1.54) is 27.1 Å². The Labute approximate surface area is 232 Å². The largest absolute Gasteiger partial charge is 0.416 e. The van der Waals surface area contributed by atoms with Gasteiger partial charge in [0.1, 0.15) is 5.82 Å². The number of aliphatic hydroxyl groups is 2. The molecule has 41 heavy (non-hydrogen) atoms. The van der Waals surface area contributed by atoms with Crippen molar-refractivity contribution in [3.63, 3.8) is 0 Å². The number of nitrogens with zero attached hydrogens (tertiary/aromatic N) is 3. The van der Waals surface area contributed by atoms with Gasteiger partial charge in [0.2, 0.25) is 5.91 Å². The number of β-amino-alcohol motifs (C(OH)–C–C–N with tert-alkyl or cyclic N) is 1. The molecule has 1 fully saturated rings. The molecule has 1 aliphatic heterocycles. The first kappa shape index (κ1) is 30.3. The van der Waals surface area contributed by atoms with Gasteiger partial charge in [-0.05, 0) is 55.7 Å². The Morgan fingerprint density at radius 2 is 1.54 bits per heavy atom. The summed E-state index contributed by atoms with van der Waals surface area (Å²) in [6.07, 6.45) is -9.07. The highest BCUT2D eigenvalue weighted by atomic mass is 19.4. The van der Waals surface area contributed by atoms with Crippen LogP contribution in [0.3, 0.4) is 0 Å². The zero-order valence-electron chi connectivity index (χ0n) is 22.5. The van der Waals surface area contributed by atoms with Crippen molar-refractivity contribution >= 4 is 17.4 Å². The Morgan fingerprint density at radius 1 is 0.976 bits per heavy atom. The molecular formula is C29H29F6N3O3. The van der Waals surface area contributed by atoms with Crippen molar-refractivity contribution in [1.29, 1.82) is 0 Å². The molecule has 12 heteroatoms. The summed E-state index contributed by atoms with van der Waals surface area (Å²) < 4.78 is 81.2. The molecule has 4 rings (SSSR count). The maximum atomic E-state index is 13.8. The van der Waals surface area contributed by atoms with Crippen LogP contribution in [-0.2, 0) is 22.6 Å². The van der Waals surface area contributed by atoms with E-state index in [2.05, 4.69) is 4.98 Å². The van der Waals surface area contributed by atoms with E-state index in [0.717, 1.165) is 4.90 Å². The van der Waals surface area contributed by atoms with E-state index in [9.17, 15) is 41.4 Å². The molecule has 3 aromatic rings. The fourth-order valence-electron chi connectivity index (χ4n) is 5.02. The quantitative estimate of drug-likeness (QED) is 0.368. The van der Waals surface area contributed by atoms with Gasteiger partial charge < -0.3 is 20.0 Å². The summed E-state index contributed by atoms with van der Waals surface area (Å²) in [5.74, 6) is -0.336. The number of rotatable bonds is 6. The van der Waals surface area contributed by atoms with Crippen LogP contribution in [0.15, 0.2) is 60.8 Å². The van der Waals surface area contributed by atoms with Crippen molar-refractivity contribution in [3.8, 4) is 11.1 Å². The summed E-state index contributed by atoms with van der Waals surface area (Å²) in [5.41, 5.74) is -3.81. The summed E-state index contributed by atoms with van der Waals surface area (Å²) in [7, 11) is 1.38. The molecule has 2 atom stereocenters. The lowest BCUT2D eigenvalue weighted by Gasteiger charge is -2.32. The molecular weight excluding hydrogens is 552 g/mol. The Balaban J connectivity index is 1.79. The second kappa shape index (κ2) is 11.0. The van der Waals surface area contributed by atoms with Gasteiger partial charge in [0.25, 0.3) is 0 Å². The highest BCUT2D eigenvalue weighted by Gasteiger charge is 2.41. The Kier molecular flexibility index (Phi) is 8.12. The van der Waals surface area contributed by atoms with Crippen LogP contribution in [0.5, 0.6) is 0 Å². The lowest BCUT2D eigenvalue weighted by molar-refractivity contribution is -0.143. The van der Waals surface area contributed by atoms with Crippen LogP contribution in [0, 0.1) is 0 Å². The predicted octanol–water partition coefficient (Wildman–Crippen LogP) is 5.66. The average Bonchev–Trinajstić information content (AvgIpc) is 3.31. The van der Waals surface area contributed by atoms with E-state index in [-0.39, 0.29) is 30.9 Å². The number of hydrogen-bond donors (Lipinski definition) is 2. The van der Waals surface area contributed by atoms with Crippen LogP contribution in [0.4, 0.5) is 37.8 Å². The first-order valence-corrected chi connectivity index (χ1v) is 12.7. The highest BCUT2D eigenvalue weighted by Crippen LogP contribution is 2.41. The van der Waals surface area contributed by atoms with Crippen LogP contribution in [-0.4, -0.2) is 53.4 Å². The molecule has 1 aliphatic rings. The van der Waals surface area contributed by atoms with Crippen molar-refractivity contribution in [2.24, 2.45) is 0 Å². The van der Waals surface area contributed by atoms with E-state index < -0.39 is 46.5 Å². The molecule has 0 unspecified atom stereocenters. The van der Waals surface area contributed by atoms with E-state index >= 15 is 0 Å². The number of amides is 1. The second-order valence-corrected chi connectivity index (χ2v) is 10.6. The zero-order valence-corrected chi connectivity index (χ0v) is 22.5. The molecule has 2 aromatic carbocycles. The monoisotopic (exact) mass is 581 g/mol. The number of pyridine rings is 1. The summed E-state index contributed by atoms with van der Waals surface area (Å²) in [6, 6.07) is 11.3. The van der Waals surface area contributed by atoms with Crippen molar-refractivity contribution in [1.82, 2.24) is 4.98 Å². The first-order chi connectivity index (χ1) is 19.0. The maximum Gasteiger partial charge on any atom is 0.416 e. The summed E-state index contributed by atoms with van der Waals surface area (Å²) in [6.45, 7) is 2.54. The molecule has 6 nitrogen and oxygen atoms in total. The molecule has 2 heterocycles. The third kappa shape index (κ3) is 6.18. The smallest absolute Gasteiger partial charge is 0.394 e. The fraction of sp³-hybridized carbons (Fsp3) is 0.379. The average molecular weight is 582 g/mol. The van der Waals surface area contributed by atoms with Gasteiger partial charge in [0.15, 0.2) is 0 Å². The Hall–Kier alpha value is -3.64. The number of benzene rings is 2. The van der Waals surface area contributed by atoms with Crippen molar-refractivity contribution in [2.45, 2.75) is 50.2 Å². The van der Waals surface area contributed by atoms with Gasteiger partial charge in [-0.1, -0.05) is 30.3 Å². The van der Waals surface area contributed by atoms with Gasteiger partial charge in [-0.15, -0.1) is 0 Å². The SMILES string of the molecule is CN(C(=O)C(C)(C)c1cc(C(F)(F)F)cc(C(F)(F)F)c1)c1cnc(N2C[C@@H](O)C[C@H]2CO)cc1-c1ccccc1. The minimum atomic E-state index is -5.06. The summed E-state index contributed by atoms with van der Waals surface area (Å²) >= 11 is 0.